The summed E-state index contributed by atoms with van der Waals surface area (Å²) in [7, 11) is 0. The molecule has 4 nitrogen and oxygen atoms in total. The third kappa shape index (κ3) is 11.4. The average Bonchev–Trinajstić information content (AvgIpc) is 1.56. The summed E-state index contributed by atoms with van der Waals surface area (Å²) in [5.74, 6) is 0. The molecule has 0 N–H and O–H groups in total. The zero-order valence-electron chi connectivity index (χ0n) is 70.5. The van der Waals surface area contributed by atoms with E-state index in [9.17, 15) is 11.0 Å². The van der Waals surface area contributed by atoms with Gasteiger partial charge in [0, 0.05) is 55.4 Å². The summed E-state index contributed by atoms with van der Waals surface area (Å²) in [5.41, 5.74) is 11.3. The number of aromatic nitrogens is 2. The quantitative estimate of drug-likeness (QED) is 0.136. The van der Waals surface area contributed by atoms with Gasteiger partial charge < -0.3 is 18.9 Å². The molecule has 0 aliphatic rings. The Morgan fingerprint density at radius 3 is 0.901 bits per heavy atom. The monoisotopic (exact) mass is 1270 g/mol. The van der Waals surface area contributed by atoms with Gasteiger partial charge in [0.05, 0.1) is 71.2 Å². The average molecular weight is 1270 g/mol. The molecule has 0 bridgehead atoms. The minimum atomic E-state index is -0.625. The van der Waals surface area contributed by atoms with Gasteiger partial charge in [-0.25, -0.2) is 0 Å². The Kier molecular flexibility index (Phi) is 11.2. The van der Waals surface area contributed by atoms with E-state index in [2.05, 4.69) is 202 Å². The third-order valence-electron chi connectivity index (χ3n) is 17.4. The molecule has 0 saturated carbocycles. The third-order valence-corrected chi connectivity index (χ3v) is 18.2. The number of para-hydroxylation sites is 6. The van der Waals surface area contributed by atoms with Crippen molar-refractivity contribution in [2.75, 3.05) is 9.80 Å². The highest BCUT2D eigenvalue weighted by atomic mass is 79.9. The minimum Gasteiger partial charge on any atom is -0.309 e. The SMILES string of the molecule is [2H]c1c([2H])c([2H])c2c(c1[2H])c1c([2H])c([2H])c([2H])c([2H])c1n2-c1cccc(N(c2ccccc2-c2cc(C(C)(C)C)cc(C(C)(C)C)c2)c2cc(C(C)(C)C)cc(N(c3cccc(-n4c5c([2H])c([2H])c([2H])c([2H])c5c5c([2H])c([2H])c([2H])c([2H])c54)c3)c3ccccc3-c3cc(C(C)(C)C)cc(C(C)(C)C)c3)c2Br)c1. The molecule has 11 aromatic carbocycles. The first-order valence-electron chi connectivity index (χ1n) is 39.0. The zero-order valence-corrected chi connectivity index (χ0v) is 56.1. The van der Waals surface area contributed by atoms with Gasteiger partial charge in [0.2, 0.25) is 0 Å². The van der Waals surface area contributed by atoms with Crippen LogP contribution in [0.15, 0.2) is 247 Å². The number of hydrogen-bond donors (Lipinski definition) is 0. The molecule has 13 aromatic rings. The first-order valence-corrected chi connectivity index (χ1v) is 31.8. The topological polar surface area (TPSA) is 16.3 Å². The summed E-state index contributed by atoms with van der Waals surface area (Å²) in [5, 5.41) is -0.221. The first-order chi connectivity index (χ1) is 49.9. The molecule has 456 valence electrons. The summed E-state index contributed by atoms with van der Waals surface area (Å²) in [6, 6.07) is 41.1. The fourth-order valence-electron chi connectivity index (χ4n) is 12.2. The molecular weight excluding hydrogens is 1170 g/mol. The molecule has 0 amide bonds. The van der Waals surface area contributed by atoms with Crippen molar-refractivity contribution in [3.05, 3.63) is 275 Å². The summed E-state index contributed by atoms with van der Waals surface area (Å²) in [4.78, 5) is 4.31. The van der Waals surface area contributed by atoms with Gasteiger partial charge in [-0.05, 0) is 167 Å². The molecule has 0 radical (unpaired) electrons. The molecule has 0 fully saturated rings. The molecule has 0 saturated heterocycles. The van der Waals surface area contributed by atoms with Crippen LogP contribution in [-0.4, -0.2) is 9.13 Å². The van der Waals surface area contributed by atoms with Crippen LogP contribution >= 0.6 is 15.9 Å². The number of hydrogen-bond acceptors (Lipinski definition) is 2. The van der Waals surface area contributed by atoms with Gasteiger partial charge in [-0.3, -0.25) is 0 Å². The molecular formula is C86H85BrN4. The van der Waals surface area contributed by atoms with Crippen LogP contribution in [0.3, 0.4) is 0 Å². The van der Waals surface area contributed by atoms with E-state index >= 15 is 0 Å². The molecule has 0 aliphatic heterocycles. The van der Waals surface area contributed by atoms with Crippen LogP contribution in [0.5, 0.6) is 0 Å². The summed E-state index contributed by atoms with van der Waals surface area (Å²) in [6.45, 7) is 32.8. The van der Waals surface area contributed by atoms with Crippen molar-refractivity contribution in [1.29, 1.82) is 0 Å². The predicted octanol–water partition coefficient (Wildman–Crippen LogP) is 25.4. The van der Waals surface area contributed by atoms with Crippen molar-refractivity contribution in [3.63, 3.8) is 0 Å². The summed E-state index contributed by atoms with van der Waals surface area (Å²) < 4.78 is 151. The van der Waals surface area contributed by atoms with Crippen molar-refractivity contribution in [2.45, 2.75) is 131 Å². The molecule has 13 rings (SSSR count). The Morgan fingerprint density at radius 1 is 0.308 bits per heavy atom. The highest BCUT2D eigenvalue weighted by molar-refractivity contribution is 9.10. The smallest absolute Gasteiger partial charge is 0.0657 e. The maximum Gasteiger partial charge on any atom is 0.0657 e. The zero-order chi connectivity index (χ0) is 78.0. The molecule has 0 unspecified atom stereocenters. The lowest BCUT2D eigenvalue weighted by molar-refractivity contribution is 0.568. The molecule has 0 atom stereocenters. The highest BCUT2D eigenvalue weighted by Crippen LogP contribution is 2.53. The van der Waals surface area contributed by atoms with Crippen LogP contribution in [0.2, 0.25) is 0 Å². The predicted molar refractivity (Wildman–Crippen MR) is 397 cm³/mol. The molecule has 91 heavy (non-hydrogen) atoms. The van der Waals surface area contributed by atoms with E-state index < -0.39 is 102 Å². The summed E-state index contributed by atoms with van der Waals surface area (Å²) >= 11 is 4.43. The number of rotatable bonds is 10. The van der Waals surface area contributed by atoms with Gasteiger partial charge in [-0.2, -0.15) is 0 Å². The fraction of sp³-hybridized carbons (Fsp3) is 0.233. The lowest BCUT2D eigenvalue weighted by Crippen LogP contribution is -2.20. The van der Waals surface area contributed by atoms with Gasteiger partial charge >= 0.3 is 0 Å². The second-order valence-electron chi connectivity index (χ2n) is 29.0. The maximum absolute atomic E-state index is 9.59. The number of benzene rings is 11. The van der Waals surface area contributed by atoms with E-state index in [-0.39, 0.29) is 65.3 Å². The summed E-state index contributed by atoms with van der Waals surface area (Å²) in [6.07, 6.45) is 0. The van der Waals surface area contributed by atoms with E-state index in [1.54, 1.807) is 12.1 Å². The van der Waals surface area contributed by atoms with E-state index in [1.807, 2.05) is 60.7 Å². The molecule has 2 aromatic heterocycles. The molecule has 2 heterocycles. The lowest BCUT2D eigenvalue weighted by atomic mass is 9.78. The maximum atomic E-state index is 9.59. The first kappa shape index (κ1) is 44.5. The van der Waals surface area contributed by atoms with Crippen molar-refractivity contribution < 1.29 is 21.9 Å². The van der Waals surface area contributed by atoms with Crippen molar-refractivity contribution in [3.8, 4) is 33.6 Å². The lowest BCUT2D eigenvalue weighted by Gasteiger charge is -2.35. The van der Waals surface area contributed by atoms with Gasteiger partial charge in [-0.15, -0.1) is 0 Å². The van der Waals surface area contributed by atoms with Crippen LogP contribution in [0.1, 0.15) is 154 Å². The van der Waals surface area contributed by atoms with Crippen molar-refractivity contribution in [2.24, 2.45) is 0 Å². The minimum absolute atomic E-state index is 0.0326. The normalized spacial score (nSPS) is 15.1. The van der Waals surface area contributed by atoms with Gasteiger partial charge in [0.25, 0.3) is 0 Å². The number of nitrogens with zero attached hydrogens (tertiary/aromatic N) is 4. The van der Waals surface area contributed by atoms with Crippen molar-refractivity contribution >= 4 is 93.7 Å². The second kappa shape index (κ2) is 22.8. The Bertz CT molecular complexity index is 5350. The standard InChI is InChI=1S/C86H85BrN4/c1-82(2,3)58-46-56(47-59(50-58)83(4,5)6)67-34-16-22-40-73(67)90(65-32-28-30-63(54-65)88-75-42-24-18-36-69(75)70-37-19-25-43-76(70)88)79-52-62(86(13,14)15)53-80(81(79)87)91(74-41-23-17-35-68(74)57-48-60(84(7,8)9)51-61(49-57)85(10,11)12)66-33-29-31-64(55-66)89-77-44-26-20-38-71(77)72-39-21-27-45-78(72)89/h16-55H,1-15H3/i18D,19D,20D,21D,24D,25D,26D,27D,36D,37D,38D,39D,42D,43D,44D,45D. The van der Waals surface area contributed by atoms with E-state index in [0.717, 1.165) is 50.1 Å². The molecule has 5 heteroatoms. The molecule has 0 aliphatic carbocycles. The van der Waals surface area contributed by atoms with E-state index in [0.29, 0.717) is 50.0 Å². The number of fused-ring (bicyclic) bond motifs is 6. The van der Waals surface area contributed by atoms with Crippen LogP contribution in [-0.2, 0) is 27.1 Å². The Labute approximate surface area is 571 Å². The number of halogens is 1. The Hall–Kier alpha value is -8.90. The second-order valence-corrected chi connectivity index (χ2v) is 29.8. The Morgan fingerprint density at radius 2 is 0.593 bits per heavy atom. The van der Waals surface area contributed by atoms with Crippen LogP contribution in [0, 0.1) is 0 Å². The van der Waals surface area contributed by atoms with Gasteiger partial charge in [0.15, 0.2) is 0 Å². The van der Waals surface area contributed by atoms with E-state index in [1.165, 1.54) is 9.13 Å². The fourth-order valence-corrected chi connectivity index (χ4v) is 12.8. The Balaban J connectivity index is 1.20. The largest absolute Gasteiger partial charge is 0.309 e. The highest BCUT2D eigenvalue weighted by Gasteiger charge is 2.32. The van der Waals surface area contributed by atoms with Crippen molar-refractivity contribution in [1.82, 2.24) is 9.13 Å². The molecule has 0 spiro atoms. The van der Waals surface area contributed by atoms with Crippen LogP contribution in [0.4, 0.5) is 34.1 Å². The van der Waals surface area contributed by atoms with Gasteiger partial charge in [-0.1, -0.05) is 261 Å². The van der Waals surface area contributed by atoms with Gasteiger partial charge in [0.1, 0.15) is 0 Å². The van der Waals surface area contributed by atoms with Crippen LogP contribution < -0.4 is 9.80 Å². The van der Waals surface area contributed by atoms with Crippen LogP contribution in [0.25, 0.3) is 77.2 Å². The van der Waals surface area contributed by atoms with E-state index in [4.69, 9.17) is 11.0 Å². The number of anilines is 6.